The van der Waals surface area contributed by atoms with E-state index in [1.807, 2.05) is 54.6 Å². The lowest BCUT2D eigenvalue weighted by atomic mass is 10.2. The van der Waals surface area contributed by atoms with Crippen LogP contribution < -0.4 is 15.8 Å². The van der Waals surface area contributed by atoms with Crippen molar-refractivity contribution in [1.82, 2.24) is 4.98 Å². The predicted octanol–water partition coefficient (Wildman–Crippen LogP) is 4.28. The van der Waals surface area contributed by atoms with Gasteiger partial charge in [-0.2, -0.15) is 0 Å². The summed E-state index contributed by atoms with van der Waals surface area (Å²) in [6.45, 7) is 0.506. The average Bonchev–Trinajstić information content (AvgIpc) is 3.09. The van der Waals surface area contributed by atoms with E-state index in [0.717, 1.165) is 22.1 Å². The first kappa shape index (κ1) is 17.1. The highest BCUT2D eigenvalue weighted by Gasteiger charge is 2.12. The van der Waals surface area contributed by atoms with Gasteiger partial charge in [0.2, 0.25) is 5.91 Å². The number of carbonyl (C=O) groups is 1. The van der Waals surface area contributed by atoms with Gasteiger partial charge in [0, 0.05) is 6.42 Å². The molecule has 0 bridgehead atoms. The minimum absolute atomic E-state index is 0.0468. The van der Waals surface area contributed by atoms with Crippen LogP contribution >= 0.6 is 11.3 Å². The van der Waals surface area contributed by atoms with Crippen LogP contribution in [0.15, 0.2) is 60.8 Å². The van der Waals surface area contributed by atoms with Gasteiger partial charge < -0.3 is 15.8 Å². The monoisotopic (exact) mass is 353 g/mol. The molecule has 3 rings (SSSR count). The van der Waals surface area contributed by atoms with Crippen LogP contribution in [0.1, 0.15) is 12.8 Å². The van der Waals surface area contributed by atoms with Crippen molar-refractivity contribution in [2.75, 3.05) is 11.9 Å². The molecule has 0 radical (unpaired) electrons. The van der Waals surface area contributed by atoms with Crippen LogP contribution in [0.25, 0.3) is 10.6 Å². The van der Waals surface area contributed by atoms with E-state index in [0.29, 0.717) is 24.4 Å². The molecule has 3 N–H and O–H groups in total. The maximum atomic E-state index is 11.8. The summed E-state index contributed by atoms with van der Waals surface area (Å²) >= 11 is 1.42. The van der Waals surface area contributed by atoms with Crippen molar-refractivity contribution in [3.63, 3.8) is 0 Å². The number of aromatic nitrogens is 1. The summed E-state index contributed by atoms with van der Waals surface area (Å²) in [5.41, 5.74) is 6.31. The number of amides is 1. The summed E-state index contributed by atoms with van der Waals surface area (Å²) in [6, 6.07) is 17.3. The van der Waals surface area contributed by atoms with Gasteiger partial charge in [0.1, 0.15) is 21.5 Å². The van der Waals surface area contributed by atoms with Crippen LogP contribution in [0.4, 0.5) is 5.00 Å². The Labute approximate surface area is 150 Å². The number of ether oxygens (including phenoxy) is 1. The van der Waals surface area contributed by atoms with E-state index in [1.165, 1.54) is 11.3 Å². The first-order chi connectivity index (χ1) is 12.3. The Morgan fingerprint density at radius 1 is 1.12 bits per heavy atom. The molecule has 0 unspecified atom stereocenters. The first-order valence-electron chi connectivity index (χ1n) is 8.04. The second-order valence-corrected chi connectivity index (χ2v) is 6.41. The number of benzene rings is 2. The molecule has 5 nitrogen and oxygen atoms in total. The van der Waals surface area contributed by atoms with Gasteiger partial charge in [-0.25, -0.2) is 4.98 Å². The molecule has 0 aliphatic heterocycles. The molecule has 0 spiro atoms. The highest BCUT2D eigenvalue weighted by atomic mass is 32.1. The number of nitrogens with zero attached hydrogens (tertiary/aromatic N) is 1. The zero-order chi connectivity index (χ0) is 17.5. The molecule has 0 saturated heterocycles. The molecular weight excluding hydrogens is 334 g/mol. The van der Waals surface area contributed by atoms with Gasteiger partial charge in [-0.15, -0.1) is 0 Å². The van der Waals surface area contributed by atoms with Crippen LogP contribution in [0.5, 0.6) is 11.5 Å². The zero-order valence-electron chi connectivity index (χ0n) is 13.6. The fourth-order valence-corrected chi connectivity index (χ4v) is 3.13. The molecule has 1 heterocycles. The van der Waals surface area contributed by atoms with E-state index < -0.39 is 0 Å². The quantitative estimate of drug-likeness (QED) is 0.664. The predicted molar refractivity (Wildman–Crippen MR) is 101 cm³/mol. The topological polar surface area (TPSA) is 77.2 Å². The summed E-state index contributed by atoms with van der Waals surface area (Å²) < 4.78 is 5.97. The molecule has 0 fully saturated rings. The Kier molecular flexibility index (Phi) is 5.77. The molecule has 1 amide bonds. The standard InChI is InChI=1S/C19H19N3O2S/c20-12-6-11-17(23)22-18-13-21-19(25-18)15-9-4-5-10-16(15)24-14-7-2-1-3-8-14/h1-5,7-10,13H,6,11-12,20H2,(H,22,23). The van der Waals surface area contributed by atoms with Crippen molar-refractivity contribution in [1.29, 1.82) is 0 Å². The van der Waals surface area contributed by atoms with E-state index >= 15 is 0 Å². The SMILES string of the molecule is NCCCC(=O)Nc1cnc(-c2ccccc2Oc2ccccc2)s1. The smallest absolute Gasteiger partial charge is 0.225 e. The maximum absolute atomic E-state index is 11.8. The molecule has 6 heteroatoms. The number of hydrogen-bond donors (Lipinski definition) is 2. The Morgan fingerprint density at radius 2 is 1.88 bits per heavy atom. The number of rotatable bonds is 7. The van der Waals surface area contributed by atoms with Crippen molar-refractivity contribution in [2.45, 2.75) is 12.8 Å². The summed E-state index contributed by atoms with van der Waals surface area (Å²) in [6.07, 6.45) is 2.75. The van der Waals surface area contributed by atoms with Gasteiger partial charge in [0.25, 0.3) is 0 Å². The van der Waals surface area contributed by atoms with E-state index in [-0.39, 0.29) is 5.91 Å². The molecular formula is C19H19N3O2S. The van der Waals surface area contributed by atoms with Gasteiger partial charge in [-0.1, -0.05) is 41.7 Å². The number of nitrogens with one attached hydrogen (secondary N) is 1. The van der Waals surface area contributed by atoms with Gasteiger partial charge in [0.15, 0.2) is 0 Å². The fourth-order valence-electron chi connectivity index (χ4n) is 2.27. The Morgan fingerprint density at radius 3 is 2.68 bits per heavy atom. The molecule has 0 aliphatic rings. The number of hydrogen-bond acceptors (Lipinski definition) is 5. The maximum Gasteiger partial charge on any atom is 0.225 e. The van der Waals surface area contributed by atoms with Crippen LogP contribution in [0.3, 0.4) is 0 Å². The molecule has 2 aromatic carbocycles. The van der Waals surface area contributed by atoms with Crippen molar-refractivity contribution in [3.8, 4) is 22.1 Å². The van der Waals surface area contributed by atoms with Crippen LogP contribution in [0.2, 0.25) is 0 Å². The van der Waals surface area contributed by atoms with Gasteiger partial charge in [0.05, 0.1) is 11.8 Å². The van der Waals surface area contributed by atoms with E-state index in [4.69, 9.17) is 10.5 Å². The minimum atomic E-state index is -0.0468. The van der Waals surface area contributed by atoms with Gasteiger partial charge >= 0.3 is 0 Å². The third-order valence-electron chi connectivity index (χ3n) is 3.46. The second-order valence-electron chi connectivity index (χ2n) is 5.38. The van der Waals surface area contributed by atoms with Crippen molar-refractivity contribution >= 4 is 22.2 Å². The van der Waals surface area contributed by atoms with Gasteiger partial charge in [-0.05, 0) is 37.2 Å². The molecule has 0 atom stereocenters. The molecule has 128 valence electrons. The summed E-state index contributed by atoms with van der Waals surface area (Å²) in [5, 5.41) is 4.36. The van der Waals surface area contributed by atoms with Gasteiger partial charge in [-0.3, -0.25) is 4.79 Å². The average molecular weight is 353 g/mol. The normalized spacial score (nSPS) is 10.4. The summed E-state index contributed by atoms with van der Waals surface area (Å²) in [4.78, 5) is 16.2. The largest absolute Gasteiger partial charge is 0.457 e. The van der Waals surface area contributed by atoms with Crippen molar-refractivity contribution < 1.29 is 9.53 Å². The second kappa shape index (κ2) is 8.41. The molecule has 25 heavy (non-hydrogen) atoms. The molecule has 1 aromatic heterocycles. The highest BCUT2D eigenvalue weighted by Crippen LogP contribution is 2.36. The van der Waals surface area contributed by atoms with Crippen LogP contribution in [-0.4, -0.2) is 17.4 Å². The number of anilines is 1. The Bertz CT molecular complexity index is 833. The number of nitrogens with two attached hydrogens (primary N) is 1. The minimum Gasteiger partial charge on any atom is -0.457 e. The van der Waals surface area contributed by atoms with E-state index in [9.17, 15) is 4.79 Å². The molecule has 0 aliphatic carbocycles. The fraction of sp³-hybridized carbons (Fsp3) is 0.158. The number of thiazole rings is 1. The molecule has 0 saturated carbocycles. The van der Waals surface area contributed by atoms with E-state index in [1.54, 1.807) is 6.20 Å². The summed E-state index contributed by atoms with van der Waals surface area (Å²) in [5.74, 6) is 1.44. The van der Waals surface area contributed by atoms with E-state index in [2.05, 4.69) is 10.3 Å². The number of carbonyl (C=O) groups excluding carboxylic acids is 1. The third kappa shape index (κ3) is 4.65. The van der Waals surface area contributed by atoms with Crippen molar-refractivity contribution in [3.05, 3.63) is 60.8 Å². The first-order valence-corrected chi connectivity index (χ1v) is 8.86. The lowest BCUT2D eigenvalue weighted by Crippen LogP contribution is -2.12. The van der Waals surface area contributed by atoms with Crippen LogP contribution in [-0.2, 0) is 4.79 Å². The lowest BCUT2D eigenvalue weighted by Gasteiger charge is -2.09. The summed E-state index contributed by atoms with van der Waals surface area (Å²) in [7, 11) is 0. The molecule has 3 aromatic rings. The Balaban J connectivity index is 1.77. The Hall–Kier alpha value is -2.70. The highest BCUT2D eigenvalue weighted by molar-refractivity contribution is 7.19. The lowest BCUT2D eigenvalue weighted by molar-refractivity contribution is -0.116. The van der Waals surface area contributed by atoms with Crippen LogP contribution in [0, 0.1) is 0 Å². The van der Waals surface area contributed by atoms with Crippen molar-refractivity contribution in [2.24, 2.45) is 5.73 Å². The number of para-hydroxylation sites is 2. The zero-order valence-corrected chi connectivity index (χ0v) is 14.5. The third-order valence-corrected chi connectivity index (χ3v) is 4.41.